The molecule has 1 aliphatic carbocycles. The van der Waals surface area contributed by atoms with Gasteiger partial charge in [-0.2, -0.15) is 0 Å². The zero-order valence-corrected chi connectivity index (χ0v) is 15.3. The summed E-state index contributed by atoms with van der Waals surface area (Å²) in [6, 6.07) is -0.142. The van der Waals surface area contributed by atoms with E-state index in [0.717, 1.165) is 25.7 Å². The van der Waals surface area contributed by atoms with Crippen molar-refractivity contribution in [1.82, 2.24) is 15.5 Å². The number of carboxylic acid groups (broad SMARTS) is 1. The number of hydrogen-bond acceptors (Lipinski definition) is 3. The molecule has 0 aromatic carbocycles. The number of carbonyl (C=O) groups excluding carboxylic acids is 2. The summed E-state index contributed by atoms with van der Waals surface area (Å²) < 4.78 is 0. The number of aliphatic carboxylic acids is 1. The van der Waals surface area contributed by atoms with E-state index in [4.69, 9.17) is 0 Å². The van der Waals surface area contributed by atoms with Gasteiger partial charge in [0.25, 0.3) is 0 Å². The van der Waals surface area contributed by atoms with Gasteiger partial charge in [0.1, 0.15) is 5.54 Å². The number of carbonyl (C=O) groups is 3. The Kier molecular flexibility index (Phi) is 6.67. The Morgan fingerprint density at radius 1 is 1.16 bits per heavy atom. The molecule has 2 fully saturated rings. The van der Waals surface area contributed by atoms with Crippen LogP contribution in [0.4, 0.5) is 4.79 Å². The lowest BCUT2D eigenvalue weighted by atomic mass is 9.81. The fourth-order valence-electron chi connectivity index (χ4n) is 3.66. The van der Waals surface area contributed by atoms with Gasteiger partial charge in [0.2, 0.25) is 5.91 Å². The highest BCUT2D eigenvalue weighted by Crippen LogP contribution is 2.29. The molecule has 142 valence electrons. The summed E-state index contributed by atoms with van der Waals surface area (Å²) in [7, 11) is 0. The van der Waals surface area contributed by atoms with Gasteiger partial charge in [0, 0.05) is 19.6 Å². The van der Waals surface area contributed by atoms with Crippen LogP contribution in [0, 0.1) is 11.8 Å². The van der Waals surface area contributed by atoms with Crippen molar-refractivity contribution in [3.05, 3.63) is 0 Å². The molecular weight excluding hydrogens is 322 g/mol. The van der Waals surface area contributed by atoms with Crippen LogP contribution in [0.2, 0.25) is 0 Å². The first kappa shape index (κ1) is 19.5. The van der Waals surface area contributed by atoms with Crippen LogP contribution in [0.1, 0.15) is 58.8 Å². The van der Waals surface area contributed by atoms with Crippen LogP contribution < -0.4 is 10.6 Å². The van der Waals surface area contributed by atoms with E-state index in [0.29, 0.717) is 44.8 Å². The fraction of sp³-hybridized carbons (Fsp3) is 0.833. The number of piperidine rings is 1. The summed E-state index contributed by atoms with van der Waals surface area (Å²) >= 11 is 0. The quantitative estimate of drug-likeness (QED) is 0.704. The van der Waals surface area contributed by atoms with E-state index in [1.165, 1.54) is 0 Å². The van der Waals surface area contributed by atoms with Crippen molar-refractivity contribution in [1.29, 1.82) is 0 Å². The molecule has 1 heterocycles. The predicted octanol–water partition coefficient (Wildman–Crippen LogP) is 1.97. The highest BCUT2D eigenvalue weighted by Gasteiger charge is 2.42. The molecule has 1 unspecified atom stereocenters. The smallest absolute Gasteiger partial charge is 0.329 e. The van der Waals surface area contributed by atoms with Crippen molar-refractivity contribution in [3.8, 4) is 0 Å². The Morgan fingerprint density at radius 3 is 2.44 bits per heavy atom. The Labute approximate surface area is 149 Å². The van der Waals surface area contributed by atoms with Crippen LogP contribution in [-0.4, -0.2) is 53.1 Å². The number of urea groups is 1. The van der Waals surface area contributed by atoms with Crippen LogP contribution >= 0.6 is 0 Å². The molecular formula is C18H31N3O4. The van der Waals surface area contributed by atoms with Gasteiger partial charge < -0.3 is 20.6 Å². The number of rotatable bonds is 5. The topological polar surface area (TPSA) is 98.7 Å². The molecule has 0 radical (unpaired) electrons. The molecule has 3 amide bonds. The maximum absolute atomic E-state index is 12.7. The molecule has 7 heteroatoms. The average Bonchev–Trinajstić information content (AvgIpc) is 2.60. The molecule has 2 rings (SSSR count). The van der Waals surface area contributed by atoms with Crippen molar-refractivity contribution in [2.45, 2.75) is 64.3 Å². The highest BCUT2D eigenvalue weighted by molar-refractivity contribution is 5.88. The van der Waals surface area contributed by atoms with E-state index >= 15 is 0 Å². The van der Waals surface area contributed by atoms with Gasteiger partial charge in [-0.05, 0) is 31.6 Å². The maximum atomic E-state index is 12.7. The number of nitrogens with zero attached hydrogens (tertiary/aromatic N) is 1. The standard InChI is InChI=1S/C18H31N3O4/c1-13(2)11-19-17(25)21-10-6-7-14(12-21)15(22)20-18(16(23)24)8-4-3-5-9-18/h13-14H,3-12H2,1-2H3,(H,19,25)(H,20,22)(H,23,24). The fourth-order valence-corrected chi connectivity index (χ4v) is 3.66. The van der Waals surface area contributed by atoms with Crippen molar-refractivity contribution in [2.75, 3.05) is 19.6 Å². The number of hydrogen-bond donors (Lipinski definition) is 3. The Bertz CT molecular complexity index is 501. The minimum atomic E-state index is -1.13. The number of nitrogens with one attached hydrogen (secondary N) is 2. The normalized spacial score (nSPS) is 23.2. The van der Waals surface area contributed by atoms with E-state index in [1.807, 2.05) is 13.8 Å². The number of amides is 3. The Hall–Kier alpha value is -1.79. The third kappa shape index (κ3) is 5.09. The minimum Gasteiger partial charge on any atom is -0.480 e. The average molecular weight is 353 g/mol. The zero-order chi connectivity index (χ0) is 18.4. The molecule has 1 saturated heterocycles. The third-order valence-electron chi connectivity index (χ3n) is 5.22. The molecule has 1 aliphatic heterocycles. The van der Waals surface area contributed by atoms with Crippen molar-refractivity contribution < 1.29 is 19.5 Å². The van der Waals surface area contributed by atoms with Gasteiger partial charge in [0.05, 0.1) is 5.92 Å². The first-order chi connectivity index (χ1) is 11.8. The van der Waals surface area contributed by atoms with Crippen molar-refractivity contribution >= 4 is 17.9 Å². The molecule has 7 nitrogen and oxygen atoms in total. The summed E-state index contributed by atoms with van der Waals surface area (Å²) in [5.41, 5.74) is -1.13. The molecule has 0 aromatic rings. The molecule has 3 N–H and O–H groups in total. The van der Waals surface area contributed by atoms with E-state index in [9.17, 15) is 19.5 Å². The Balaban J connectivity index is 1.94. The van der Waals surface area contributed by atoms with E-state index in [1.54, 1.807) is 4.90 Å². The van der Waals surface area contributed by atoms with Crippen molar-refractivity contribution in [3.63, 3.8) is 0 Å². The molecule has 0 aromatic heterocycles. The van der Waals surface area contributed by atoms with Gasteiger partial charge >= 0.3 is 12.0 Å². The lowest BCUT2D eigenvalue weighted by molar-refractivity contribution is -0.150. The largest absolute Gasteiger partial charge is 0.480 e. The zero-order valence-electron chi connectivity index (χ0n) is 15.3. The molecule has 1 atom stereocenters. The first-order valence-corrected chi connectivity index (χ1v) is 9.42. The molecule has 2 aliphatic rings. The van der Waals surface area contributed by atoms with Gasteiger partial charge in [-0.1, -0.05) is 33.1 Å². The number of likely N-dealkylation sites (tertiary alicyclic amines) is 1. The summed E-state index contributed by atoms with van der Waals surface area (Å²) in [5, 5.41) is 15.3. The molecule has 0 bridgehead atoms. The van der Waals surface area contributed by atoms with E-state index in [2.05, 4.69) is 10.6 Å². The number of carboxylic acids is 1. The Morgan fingerprint density at radius 2 is 1.84 bits per heavy atom. The van der Waals surface area contributed by atoms with Crippen LogP contribution in [0.25, 0.3) is 0 Å². The lowest BCUT2D eigenvalue weighted by Crippen LogP contribution is -2.58. The first-order valence-electron chi connectivity index (χ1n) is 9.42. The molecule has 1 saturated carbocycles. The summed E-state index contributed by atoms with van der Waals surface area (Å²) in [4.78, 5) is 38.3. The molecule has 25 heavy (non-hydrogen) atoms. The van der Waals surface area contributed by atoms with Crippen LogP contribution in [0.3, 0.4) is 0 Å². The van der Waals surface area contributed by atoms with Gasteiger partial charge in [-0.25, -0.2) is 9.59 Å². The van der Waals surface area contributed by atoms with Crippen LogP contribution in [0.5, 0.6) is 0 Å². The second-order valence-electron chi connectivity index (χ2n) is 7.80. The summed E-state index contributed by atoms with van der Waals surface area (Å²) in [6.07, 6.45) is 5.07. The van der Waals surface area contributed by atoms with E-state index < -0.39 is 11.5 Å². The third-order valence-corrected chi connectivity index (χ3v) is 5.22. The summed E-state index contributed by atoms with van der Waals surface area (Å²) in [6.45, 7) is 5.65. The highest BCUT2D eigenvalue weighted by atomic mass is 16.4. The maximum Gasteiger partial charge on any atom is 0.329 e. The lowest BCUT2D eigenvalue weighted by Gasteiger charge is -2.37. The molecule has 0 spiro atoms. The van der Waals surface area contributed by atoms with Gasteiger partial charge in [-0.3, -0.25) is 4.79 Å². The van der Waals surface area contributed by atoms with Gasteiger partial charge in [-0.15, -0.1) is 0 Å². The van der Waals surface area contributed by atoms with E-state index in [-0.39, 0.29) is 17.9 Å². The monoisotopic (exact) mass is 353 g/mol. The predicted molar refractivity (Wildman–Crippen MR) is 94.1 cm³/mol. The second-order valence-corrected chi connectivity index (χ2v) is 7.80. The van der Waals surface area contributed by atoms with Crippen LogP contribution in [0.15, 0.2) is 0 Å². The SMILES string of the molecule is CC(C)CNC(=O)N1CCCC(C(=O)NC2(C(=O)O)CCCCC2)C1. The van der Waals surface area contributed by atoms with Crippen LogP contribution in [-0.2, 0) is 9.59 Å². The van der Waals surface area contributed by atoms with Crippen molar-refractivity contribution in [2.24, 2.45) is 11.8 Å². The second kappa shape index (κ2) is 8.54. The van der Waals surface area contributed by atoms with Gasteiger partial charge in [0.15, 0.2) is 0 Å². The minimum absolute atomic E-state index is 0.142. The summed E-state index contributed by atoms with van der Waals surface area (Å²) in [5.74, 6) is -1.14.